The summed E-state index contributed by atoms with van der Waals surface area (Å²) in [6.07, 6.45) is 1.74. The summed E-state index contributed by atoms with van der Waals surface area (Å²) in [6, 6.07) is 4.44. The van der Waals surface area contributed by atoms with Gasteiger partial charge in [0.15, 0.2) is 0 Å². The molecule has 2 aromatic rings. The van der Waals surface area contributed by atoms with Gasteiger partial charge >= 0.3 is 0 Å². The topological polar surface area (TPSA) is 43.8 Å². The third-order valence-electron chi connectivity index (χ3n) is 2.99. The lowest BCUT2D eigenvalue weighted by Gasteiger charge is -2.14. The van der Waals surface area contributed by atoms with Gasteiger partial charge in [-0.15, -0.1) is 0 Å². The van der Waals surface area contributed by atoms with Crippen LogP contribution in [0.1, 0.15) is 29.9 Å². The molecule has 2 N–H and O–H groups in total. The van der Waals surface area contributed by atoms with E-state index in [9.17, 15) is 4.39 Å². The zero-order chi connectivity index (χ0) is 12.6. The molecule has 0 unspecified atom stereocenters. The van der Waals surface area contributed by atoms with Gasteiger partial charge in [0, 0.05) is 11.7 Å². The summed E-state index contributed by atoms with van der Waals surface area (Å²) < 4.78 is 15.2. The molecule has 0 aliphatic heterocycles. The fraction of sp³-hybridized carbons (Fsp3) is 0.308. The quantitative estimate of drug-likeness (QED) is 0.866. The molecule has 90 valence electrons. The summed E-state index contributed by atoms with van der Waals surface area (Å²) in [4.78, 5) is 4.24. The molecular weight excluding hydrogens is 217 g/mol. The highest BCUT2D eigenvalue weighted by atomic mass is 19.1. The molecule has 0 saturated heterocycles. The molecule has 0 aliphatic carbocycles. The number of aryl methyl sites for hydroxylation is 1. The van der Waals surface area contributed by atoms with Crippen LogP contribution in [-0.2, 0) is 0 Å². The van der Waals surface area contributed by atoms with Crippen LogP contribution in [0.4, 0.5) is 4.39 Å². The second-order valence-electron chi connectivity index (χ2n) is 4.28. The molecule has 4 heteroatoms. The average Bonchev–Trinajstić information content (AvgIpc) is 2.60. The first kappa shape index (κ1) is 11.8. The van der Waals surface area contributed by atoms with Crippen molar-refractivity contribution in [3.8, 4) is 5.69 Å². The molecule has 0 bridgehead atoms. The molecule has 0 amide bonds. The van der Waals surface area contributed by atoms with Crippen LogP contribution in [-0.4, -0.2) is 9.55 Å². The zero-order valence-electron chi connectivity index (χ0n) is 10.2. The first-order chi connectivity index (χ1) is 8.00. The summed E-state index contributed by atoms with van der Waals surface area (Å²) in [5.74, 6) is -0.268. The van der Waals surface area contributed by atoms with Crippen LogP contribution >= 0.6 is 0 Å². The van der Waals surface area contributed by atoms with E-state index in [1.165, 1.54) is 12.1 Å². The fourth-order valence-electron chi connectivity index (χ4n) is 1.85. The largest absolute Gasteiger partial charge is 0.324 e. The Morgan fingerprint density at radius 2 is 2.06 bits per heavy atom. The number of halogens is 1. The number of hydrogen-bond acceptors (Lipinski definition) is 2. The lowest BCUT2D eigenvalue weighted by Crippen LogP contribution is -2.10. The highest BCUT2D eigenvalue weighted by Crippen LogP contribution is 2.23. The van der Waals surface area contributed by atoms with Crippen LogP contribution in [0.5, 0.6) is 0 Å². The molecular formula is C13H16FN3. The Kier molecular flexibility index (Phi) is 2.98. The van der Waals surface area contributed by atoms with Gasteiger partial charge in [0.2, 0.25) is 0 Å². The summed E-state index contributed by atoms with van der Waals surface area (Å²) in [5, 5.41) is 0. The van der Waals surface area contributed by atoms with Crippen LogP contribution in [0, 0.1) is 19.7 Å². The second-order valence-corrected chi connectivity index (χ2v) is 4.28. The van der Waals surface area contributed by atoms with Crippen molar-refractivity contribution in [2.24, 2.45) is 5.73 Å². The second kappa shape index (κ2) is 4.30. The summed E-state index contributed by atoms with van der Waals surface area (Å²) in [7, 11) is 0. The van der Waals surface area contributed by atoms with E-state index in [-0.39, 0.29) is 11.9 Å². The molecule has 0 saturated carbocycles. The van der Waals surface area contributed by atoms with Crippen molar-refractivity contribution in [1.82, 2.24) is 9.55 Å². The SMILES string of the molecule is Cc1ncn(-c2ccc(F)cc2[C@@H](C)N)c1C. The Bertz CT molecular complexity index is 544. The minimum absolute atomic E-state index is 0.220. The third-order valence-corrected chi connectivity index (χ3v) is 2.99. The monoisotopic (exact) mass is 233 g/mol. The Labute approximate surface area is 100 Å². The van der Waals surface area contributed by atoms with Gasteiger partial charge in [-0.2, -0.15) is 0 Å². The summed E-state index contributed by atoms with van der Waals surface area (Å²) >= 11 is 0. The van der Waals surface area contributed by atoms with Crippen molar-refractivity contribution in [3.05, 3.63) is 47.3 Å². The van der Waals surface area contributed by atoms with Crippen LogP contribution in [0.2, 0.25) is 0 Å². The lowest BCUT2D eigenvalue weighted by molar-refractivity contribution is 0.621. The summed E-state index contributed by atoms with van der Waals surface area (Å²) in [5.41, 5.74) is 9.55. The standard InChI is InChI=1S/C13H16FN3/c1-8(15)12-6-11(14)4-5-13(12)17-7-16-9(2)10(17)3/h4-8H,15H2,1-3H3/t8-/m1/s1. The Morgan fingerprint density at radius 3 is 2.59 bits per heavy atom. The number of benzene rings is 1. The van der Waals surface area contributed by atoms with E-state index in [1.807, 2.05) is 25.3 Å². The number of aromatic nitrogens is 2. The number of nitrogens with zero attached hydrogens (tertiary/aromatic N) is 2. The lowest BCUT2D eigenvalue weighted by atomic mass is 10.1. The van der Waals surface area contributed by atoms with Gasteiger partial charge in [-0.05, 0) is 44.5 Å². The van der Waals surface area contributed by atoms with Crippen LogP contribution in [0.25, 0.3) is 5.69 Å². The molecule has 1 heterocycles. The van der Waals surface area contributed by atoms with E-state index in [2.05, 4.69) is 4.98 Å². The molecule has 1 aromatic heterocycles. The molecule has 17 heavy (non-hydrogen) atoms. The maximum atomic E-state index is 13.2. The molecule has 0 radical (unpaired) electrons. The maximum absolute atomic E-state index is 13.2. The van der Waals surface area contributed by atoms with Gasteiger partial charge in [-0.1, -0.05) is 0 Å². The Balaban J connectivity index is 2.63. The highest BCUT2D eigenvalue weighted by molar-refractivity contribution is 5.44. The normalized spacial score (nSPS) is 12.8. The van der Waals surface area contributed by atoms with Crippen LogP contribution in [0.15, 0.2) is 24.5 Å². The molecule has 1 atom stereocenters. The smallest absolute Gasteiger partial charge is 0.123 e. The molecule has 0 spiro atoms. The van der Waals surface area contributed by atoms with E-state index >= 15 is 0 Å². The van der Waals surface area contributed by atoms with Gasteiger partial charge in [-0.25, -0.2) is 9.37 Å². The third kappa shape index (κ3) is 2.08. The van der Waals surface area contributed by atoms with Crippen LogP contribution < -0.4 is 5.73 Å². The predicted molar refractivity (Wildman–Crippen MR) is 65.6 cm³/mol. The number of rotatable bonds is 2. The molecule has 3 nitrogen and oxygen atoms in total. The van der Waals surface area contributed by atoms with E-state index in [1.54, 1.807) is 12.4 Å². The van der Waals surface area contributed by atoms with E-state index in [0.717, 1.165) is 22.6 Å². The number of imidazole rings is 1. The van der Waals surface area contributed by atoms with Crippen molar-refractivity contribution < 1.29 is 4.39 Å². The van der Waals surface area contributed by atoms with Crippen molar-refractivity contribution in [1.29, 1.82) is 0 Å². The molecule has 0 aliphatic rings. The van der Waals surface area contributed by atoms with Crippen LogP contribution in [0.3, 0.4) is 0 Å². The van der Waals surface area contributed by atoms with Gasteiger partial charge < -0.3 is 10.3 Å². The molecule has 1 aromatic carbocycles. The van der Waals surface area contributed by atoms with Gasteiger partial charge in [0.1, 0.15) is 5.82 Å². The number of nitrogens with two attached hydrogens (primary N) is 1. The number of hydrogen-bond donors (Lipinski definition) is 1. The average molecular weight is 233 g/mol. The fourth-order valence-corrected chi connectivity index (χ4v) is 1.85. The Hall–Kier alpha value is -1.68. The van der Waals surface area contributed by atoms with Gasteiger partial charge in [0.25, 0.3) is 0 Å². The zero-order valence-corrected chi connectivity index (χ0v) is 10.2. The van der Waals surface area contributed by atoms with E-state index < -0.39 is 0 Å². The highest BCUT2D eigenvalue weighted by Gasteiger charge is 2.12. The van der Waals surface area contributed by atoms with E-state index in [4.69, 9.17) is 5.73 Å². The maximum Gasteiger partial charge on any atom is 0.123 e. The first-order valence-electron chi connectivity index (χ1n) is 5.56. The summed E-state index contributed by atoms with van der Waals surface area (Å²) in [6.45, 7) is 5.77. The van der Waals surface area contributed by atoms with Gasteiger partial charge in [0.05, 0.1) is 17.7 Å². The predicted octanol–water partition coefficient (Wildman–Crippen LogP) is 2.65. The molecule has 0 fully saturated rings. The van der Waals surface area contributed by atoms with E-state index in [0.29, 0.717) is 0 Å². The van der Waals surface area contributed by atoms with Gasteiger partial charge in [-0.3, -0.25) is 0 Å². The van der Waals surface area contributed by atoms with Crippen molar-refractivity contribution in [3.63, 3.8) is 0 Å². The molecule has 2 rings (SSSR count). The Morgan fingerprint density at radius 1 is 1.35 bits per heavy atom. The van der Waals surface area contributed by atoms with Crippen molar-refractivity contribution in [2.45, 2.75) is 26.8 Å². The minimum atomic E-state index is -0.268. The first-order valence-corrected chi connectivity index (χ1v) is 5.56. The minimum Gasteiger partial charge on any atom is -0.324 e. The van der Waals surface area contributed by atoms with Crippen molar-refractivity contribution >= 4 is 0 Å². The van der Waals surface area contributed by atoms with Crippen molar-refractivity contribution in [2.75, 3.05) is 0 Å².